The predicted molar refractivity (Wildman–Crippen MR) is 66.3 cm³/mol. The van der Waals surface area contributed by atoms with Gasteiger partial charge in [0, 0.05) is 30.0 Å². The van der Waals surface area contributed by atoms with Gasteiger partial charge in [0.15, 0.2) is 0 Å². The molecule has 0 aromatic rings. The molecule has 0 radical (unpaired) electrons. The van der Waals surface area contributed by atoms with Crippen molar-refractivity contribution in [3.05, 3.63) is 0 Å². The molecule has 2 nitrogen and oxygen atoms in total. The van der Waals surface area contributed by atoms with Gasteiger partial charge in [0.25, 0.3) is 0 Å². The van der Waals surface area contributed by atoms with Crippen LogP contribution < -0.4 is 0 Å². The first-order chi connectivity index (χ1) is 7.25. The van der Waals surface area contributed by atoms with Gasteiger partial charge in [0.05, 0.1) is 6.10 Å². The molecule has 2 fully saturated rings. The van der Waals surface area contributed by atoms with Crippen LogP contribution in [0.3, 0.4) is 0 Å². The van der Waals surface area contributed by atoms with E-state index >= 15 is 0 Å². The molecular weight excluding hydrogens is 206 g/mol. The maximum Gasteiger partial charge on any atom is 0.0715 e. The highest BCUT2D eigenvalue weighted by atomic mass is 32.2. The normalized spacial score (nSPS) is 34.8. The van der Waals surface area contributed by atoms with Crippen LogP contribution >= 0.6 is 11.8 Å². The number of rotatable bonds is 3. The number of thioether (sulfide) groups is 1. The molecule has 1 aliphatic carbocycles. The SMILES string of the molecule is CN1C[C@H](CSC2CCCCC2)[C@@H](O)C1. The molecule has 1 saturated heterocycles. The second kappa shape index (κ2) is 5.55. The first kappa shape index (κ1) is 11.7. The van der Waals surface area contributed by atoms with Crippen LogP contribution in [-0.4, -0.2) is 47.3 Å². The van der Waals surface area contributed by atoms with E-state index in [0.29, 0.717) is 5.92 Å². The summed E-state index contributed by atoms with van der Waals surface area (Å²) in [4.78, 5) is 2.25. The number of hydrogen-bond acceptors (Lipinski definition) is 3. The van der Waals surface area contributed by atoms with Crippen molar-refractivity contribution in [1.82, 2.24) is 4.90 Å². The molecule has 2 aliphatic rings. The van der Waals surface area contributed by atoms with Gasteiger partial charge in [-0.2, -0.15) is 11.8 Å². The molecule has 1 aliphatic heterocycles. The molecule has 1 heterocycles. The van der Waals surface area contributed by atoms with Gasteiger partial charge >= 0.3 is 0 Å². The van der Waals surface area contributed by atoms with E-state index < -0.39 is 0 Å². The van der Waals surface area contributed by atoms with Crippen LogP contribution in [0, 0.1) is 5.92 Å². The van der Waals surface area contributed by atoms with E-state index in [1.165, 1.54) is 32.1 Å². The first-order valence-electron chi connectivity index (χ1n) is 6.24. The maximum atomic E-state index is 9.83. The first-order valence-corrected chi connectivity index (χ1v) is 7.29. The highest BCUT2D eigenvalue weighted by Gasteiger charge is 2.29. The summed E-state index contributed by atoms with van der Waals surface area (Å²) in [5.74, 6) is 1.68. The summed E-state index contributed by atoms with van der Waals surface area (Å²) in [7, 11) is 2.11. The average Bonchev–Trinajstić information content (AvgIpc) is 2.56. The third-order valence-corrected chi connectivity index (χ3v) is 5.25. The van der Waals surface area contributed by atoms with Crippen molar-refractivity contribution in [2.75, 3.05) is 25.9 Å². The van der Waals surface area contributed by atoms with Gasteiger partial charge in [-0.25, -0.2) is 0 Å². The summed E-state index contributed by atoms with van der Waals surface area (Å²) in [6.45, 7) is 1.96. The van der Waals surface area contributed by atoms with Gasteiger partial charge in [0.2, 0.25) is 0 Å². The molecule has 2 rings (SSSR count). The minimum absolute atomic E-state index is 0.0777. The summed E-state index contributed by atoms with van der Waals surface area (Å²) >= 11 is 2.11. The smallest absolute Gasteiger partial charge is 0.0715 e. The fourth-order valence-corrected chi connectivity index (χ4v) is 4.23. The fourth-order valence-electron chi connectivity index (χ4n) is 2.72. The third kappa shape index (κ3) is 3.36. The van der Waals surface area contributed by atoms with Crippen molar-refractivity contribution in [3.8, 4) is 0 Å². The number of hydrogen-bond donors (Lipinski definition) is 1. The van der Waals surface area contributed by atoms with Gasteiger partial charge in [-0.05, 0) is 19.9 Å². The Labute approximate surface area is 97.4 Å². The molecule has 0 aromatic heterocycles. The van der Waals surface area contributed by atoms with Gasteiger partial charge < -0.3 is 10.0 Å². The van der Waals surface area contributed by atoms with Gasteiger partial charge in [0.1, 0.15) is 0 Å². The Morgan fingerprint density at radius 2 is 1.93 bits per heavy atom. The lowest BCUT2D eigenvalue weighted by molar-refractivity contribution is 0.152. The van der Waals surface area contributed by atoms with Crippen LogP contribution in [0.2, 0.25) is 0 Å². The highest BCUT2D eigenvalue weighted by molar-refractivity contribution is 7.99. The van der Waals surface area contributed by atoms with Crippen molar-refractivity contribution in [1.29, 1.82) is 0 Å². The molecule has 1 N–H and O–H groups in total. The zero-order valence-electron chi connectivity index (χ0n) is 9.69. The lowest BCUT2D eigenvalue weighted by Gasteiger charge is -2.23. The number of likely N-dealkylation sites (N-methyl/N-ethyl adjacent to an activating group) is 1. The van der Waals surface area contributed by atoms with E-state index in [1.807, 2.05) is 0 Å². The van der Waals surface area contributed by atoms with Crippen LogP contribution in [0.5, 0.6) is 0 Å². The van der Waals surface area contributed by atoms with Crippen molar-refractivity contribution >= 4 is 11.8 Å². The molecule has 15 heavy (non-hydrogen) atoms. The summed E-state index contributed by atoms with van der Waals surface area (Å²) < 4.78 is 0. The fraction of sp³-hybridized carbons (Fsp3) is 1.00. The summed E-state index contributed by atoms with van der Waals surface area (Å²) in [5.41, 5.74) is 0. The molecular formula is C12H23NOS. The number of aliphatic hydroxyl groups excluding tert-OH is 1. The largest absolute Gasteiger partial charge is 0.391 e. The summed E-state index contributed by atoms with van der Waals surface area (Å²) in [6.07, 6.45) is 7.01. The lowest BCUT2D eigenvalue weighted by Crippen LogP contribution is -2.21. The minimum atomic E-state index is -0.0777. The summed E-state index contributed by atoms with van der Waals surface area (Å²) in [6, 6.07) is 0. The second-order valence-corrected chi connectivity index (χ2v) is 6.48. The molecule has 0 unspecified atom stereocenters. The van der Waals surface area contributed by atoms with E-state index in [1.54, 1.807) is 0 Å². The van der Waals surface area contributed by atoms with Gasteiger partial charge in [-0.1, -0.05) is 19.3 Å². The van der Waals surface area contributed by atoms with Crippen LogP contribution in [0.4, 0.5) is 0 Å². The van der Waals surface area contributed by atoms with Crippen molar-refractivity contribution < 1.29 is 5.11 Å². The molecule has 0 aromatic carbocycles. The number of nitrogens with zero attached hydrogens (tertiary/aromatic N) is 1. The lowest BCUT2D eigenvalue weighted by atomic mass is 10.0. The average molecular weight is 229 g/mol. The van der Waals surface area contributed by atoms with Crippen molar-refractivity contribution in [2.24, 2.45) is 5.92 Å². The van der Waals surface area contributed by atoms with E-state index in [2.05, 4.69) is 23.7 Å². The Hall–Kier alpha value is 0.270. The molecule has 88 valence electrons. The van der Waals surface area contributed by atoms with Crippen molar-refractivity contribution in [3.63, 3.8) is 0 Å². The summed E-state index contributed by atoms with van der Waals surface area (Å²) in [5, 5.41) is 10.7. The predicted octanol–water partition coefficient (Wildman–Crippen LogP) is 1.97. The van der Waals surface area contributed by atoms with Crippen molar-refractivity contribution in [2.45, 2.75) is 43.5 Å². The second-order valence-electron chi connectivity index (χ2n) is 5.14. The highest BCUT2D eigenvalue weighted by Crippen LogP contribution is 2.31. The third-order valence-electron chi connectivity index (χ3n) is 3.69. The zero-order valence-corrected chi connectivity index (χ0v) is 10.5. The molecule has 2 atom stereocenters. The number of β-amino-alcohol motifs (C(OH)–C–C–N with tert-alkyl or cyclic N) is 1. The Morgan fingerprint density at radius 3 is 2.53 bits per heavy atom. The topological polar surface area (TPSA) is 23.5 Å². The molecule has 0 amide bonds. The minimum Gasteiger partial charge on any atom is -0.391 e. The standard InChI is InChI=1S/C12H23NOS/c1-13-7-10(12(14)8-13)9-15-11-5-3-2-4-6-11/h10-12,14H,2-9H2,1H3/t10-,12+/m1/s1. The quantitative estimate of drug-likeness (QED) is 0.800. The Balaban J connectivity index is 1.68. The van der Waals surface area contributed by atoms with E-state index in [0.717, 1.165) is 24.1 Å². The maximum absolute atomic E-state index is 9.83. The number of likely N-dealkylation sites (tertiary alicyclic amines) is 1. The van der Waals surface area contributed by atoms with Crippen LogP contribution in [-0.2, 0) is 0 Å². The number of aliphatic hydroxyl groups is 1. The van der Waals surface area contributed by atoms with E-state index in [-0.39, 0.29) is 6.10 Å². The van der Waals surface area contributed by atoms with Crippen LogP contribution in [0.25, 0.3) is 0 Å². The van der Waals surface area contributed by atoms with Gasteiger partial charge in [-0.3, -0.25) is 0 Å². The Bertz CT molecular complexity index is 194. The molecule has 0 bridgehead atoms. The van der Waals surface area contributed by atoms with Crippen LogP contribution in [0.15, 0.2) is 0 Å². The van der Waals surface area contributed by atoms with E-state index in [9.17, 15) is 5.11 Å². The van der Waals surface area contributed by atoms with Gasteiger partial charge in [-0.15, -0.1) is 0 Å². The van der Waals surface area contributed by atoms with Crippen LogP contribution in [0.1, 0.15) is 32.1 Å². The monoisotopic (exact) mass is 229 g/mol. The Morgan fingerprint density at radius 1 is 1.20 bits per heavy atom. The zero-order chi connectivity index (χ0) is 10.7. The van der Waals surface area contributed by atoms with E-state index in [4.69, 9.17) is 0 Å². The molecule has 0 spiro atoms. The molecule has 3 heteroatoms. The molecule has 1 saturated carbocycles. The Kier molecular flexibility index (Phi) is 4.35.